The van der Waals surface area contributed by atoms with Crippen molar-refractivity contribution in [3.63, 3.8) is 0 Å². The van der Waals surface area contributed by atoms with E-state index in [1.54, 1.807) is 0 Å². The van der Waals surface area contributed by atoms with Gasteiger partial charge in [-0.1, -0.05) is 6.92 Å². The van der Waals surface area contributed by atoms with Crippen LogP contribution < -0.4 is 0 Å². The number of carboxylic acids is 1. The van der Waals surface area contributed by atoms with Gasteiger partial charge in [0, 0.05) is 17.8 Å². The van der Waals surface area contributed by atoms with Crippen LogP contribution in [0.4, 0.5) is 0 Å². The van der Waals surface area contributed by atoms with Gasteiger partial charge in [-0.25, -0.2) is 0 Å². The van der Waals surface area contributed by atoms with Gasteiger partial charge in [0.25, 0.3) is 0 Å². The summed E-state index contributed by atoms with van der Waals surface area (Å²) in [7, 11) is 0. The van der Waals surface area contributed by atoms with Crippen LogP contribution in [0.25, 0.3) is 0 Å². The summed E-state index contributed by atoms with van der Waals surface area (Å²) in [6.07, 6.45) is 0.604. The highest BCUT2D eigenvalue weighted by Crippen LogP contribution is 2.26. The summed E-state index contributed by atoms with van der Waals surface area (Å²) < 4.78 is 1.86. The van der Waals surface area contributed by atoms with Gasteiger partial charge in [-0.3, -0.25) is 9.48 Å². The number of aromatic nitrogens is 2. The van der Waals surface area contributed by atoms with Gasteiger partial charge >= 0.3 is 5.97 Å². The molecule has 0 aliphatic carbocycles. The molecule has 0 aliphatic heterocycles. The minimum atomic E-state index is -0.764. The van der Waals surface area contributed by atoms with E-state index in [-0.39, 0.29) is 0 Å². The van der Waals surface area contributed by atoms with Crippen LogP contribution in [0.15, 0.2) is 0 Å². The number of hydrogen-bond donors (Lipinski definition) is 1. The number of aryl methyl sites for hydroxylation is 2. The van der Waals surface area contributed by atoms with Crippen LogP contribution in [0.5, 0.6) is 0 Å². The maximum atomic E-state index is 11.1. The number of carboxylic acid groups (broad SMARTS) is 1. The minimum Gasteiger partial charge on any atom is -0.481 e. The van der Waals surface area contributed by atoms with Crippen LogP contribution in [0.1, 0.15) is 43.1 Å². The standard InChI is InChI=1S/C11H18N2O2/c1-5-9(11(14)15)10-7(3)12-13(6-2)8(10)4/h9H,5-6H2,1-4H3,(H,14,15). The smallest absolute Gasteiger partial charge is 0.311 e. The lowest BCUT2D eigenvalue weighted by atomic mass is 9.95. The Kier molecular flexibility index (Phi) is 3.50. The minimum absolute atomic E-state index is 0.426. The first-order valence-electron chi connectivity index (χ1n) is 5.29. The molecule has 1 aromatic rings. The Morgan fingerprint density at radius 3 is 2.40 bits per heavy atom. The number of carbonyl (C=O) groups is 1. The molecule has 1 heterocycles. The van der Waals surface area contributed by atoms with Crippen molar-refractivity contribution < 1.29 is 9.90 Å². The lowest BCUT2D eigenvalue weighted by molar-refractivity contribution is -0.138. The molecule has 4 heteroatoms. The Bertz CT molecular complexity index is 369. The van der Waals surface area contributed by atoms with Crippen LogP contribution in [-0.2, 0) is 11.3 Å². The van der Waals surface area contributed by atoms with E-state index in [1.165, 1.54) is 0 Å². The third-order valence-corrected chi connectivity index (χ3v) is 2.79. The summed E-state index contributed by atoms with van der Waals surface area (Å²) in [4.78, 5) is 11.1. The van der Waals surface area contributed by atoms with Crippen molar-refractivity contribution in [1.82, 2.24) is 9.78 Å². The predicted octanol–water partition coefficient (Wildman–Crippen LogP) is 2.10. The SMILES string of the molecule is CCC(C(=O)O)c1c(C)nn(CC)c1C. The Morgan fingerprint density at radius 1 is 1.47 bits per heavy atom. The molecule has 0 amide bonds. The summed E-state index contributed by atoms with van der Waals surface area (Å²) in [5, 5.41) is 13.5. The zero-order chi connectivity index (χ0) is 11.6. The molecule has 1 unspecified atom stereocenters. The molecule has 84 valence electrons. The first-order valence-corrected chi connectivity index (χ1v) is 5.29. The fourth-order valence-corrected chi connectivity index (χ4v) is 2.03. The largest absolute Gasteiger partial charge is 0.481 e. The molecule has 0 aliphatic rings. The van der Waals surface area contributed by atoms with Crippen LogP contribution >= 0.6 is 0 Å². The fraction of sp³-hybridized carbons (Fsp3) is 0.636. The highest BCUT2D eigenvalue weighted by atomic mass is 16.4. The second kappa shape index (κ2) is 4.47. The number of nitrogens with zero attached hydrogens (tertiary/aromatic N) is 2. The van der Waals surface area contributed by atoms with Gasteiger partial charge in [0.1, 0.15) is 0 Å². The van der Waals surface area contributed by atoms with Gasteiger partial charge < -0.3 is 5.11 Å². The number of rotatable bonds is 4. The van der Waals surface area contributed by atoms with E-state index >= 15 is 0 Å². The van der Waals surface area contributed by atoms with E-state index < -0.39 is 11.9 Å². The second-order valence-electron chi connectivity index (χ2n) is 3.70. The Balaban J connectivity index is 3.22. The maximum Gasteiger partial charge on any atom is 0.311 e. The first kappa shape index (κ1) is 11.8. The van der Waals surface area contributed by atoms with Crippen molar-refractivity contribution in [1.29, 1.82) is 0 Å². The molecule has 1 aromatic heterocycles. The van der Waals surface area contributed by atoms with E-state index in [4.69, 9.17) is 5.11 Å². The summed E-state index contributed by atoms with van der Waals surface area (Å²) in [6.45, 7) is 8.49. The van der Waals surface area contributed by atoms with Crippen LogP contribution in [0.2, 0.25) is 0 Å². The molecule has 0 saturated heterocycles. The second-order valence-corrected chi connectivity index (χ2v) is 3.70. The Labute approximate surface area is 89.9 Å². The van der Waals surface area contributed by atoms with E-state index in [0.29, 0.717) is 6.42 Å². The molecule has 1 N–H and O–H groups in total. The molecule has 4 nitrogen and oxygen atoms in total. The molecule has 0 bridgehead atoms. The maximum absolute atomic E-state index is 11.1. The topological polar surface area (TPSA) is 55.1 Å². The monoisotopic (exact) mass is 210 g/mol. The van der Waals surface area contributed by atoms with E-state index in [9.17, 15) is 4.79 Å². The lowest BCUT2D eigenvalue weighted by Gasteiger charge is -2.10. The Hall–Kier alpha value is -1.32. The highest BCUT2D eigenvalue weighted by molar-refractivity contribution is 5.76. The first-order chi connectivity index (χ1) is 7.02. The molecule has 0 spiro atoms. The molecular formula is C11H18N2O2. The van der Waals surface area contributed by atoms with Crippen molar-refractivity contribution in [3.8, 4) is 0 Å². The average Bonchev–Trinajstić information content (AvgIpc) is 2.45. The van der Waals surface area contributed by atoms with E-state index in [0.717, 1.165) is 23.5 Å². The van der Waals surface area contributed by atoms with Crippen molar-refractivity contribution in [3.05, 3.63) is 17.0 Å². The third kappa shape index (κ3) is 2.03. The van der Waals surface area contributed by atoms with Crippen molar-refractivity contribution in [2.45, 2.75) is 46.6 Å². The third-order valence-electron chi connectivity index (χ3n) is 2.79. The number of hydrogen-bond acceptors (Lipinski definition) is 2. The van der Waals surface area contributed by atoms with Crippen LogP contribution in [-0.4, -0.2) is 20.9 Å². The van der Waals surface area contributed by atoms with Gasteiger partial charge in [-0.15, -0.1) is 0 Å². The highest BCUT2D eigenvalue weighted by Gasteiger charge is 2.24. The quantitative estimate of drug-likeness (QED) is 0.828. The van der Waals surface area contributed by atoms with E-state index in [2.05, 4.69) is 5.10 Å². The number of aliphatic carboxylic acids is 1. The van der Waals surface area contributed by atoms with Gasteiger partial charge in [0.15, 0.2) is 0 Å². The summed E-state index contributed by atoms with van der Waals surface area (Å²) >= 11 is 0. The van der Waals surface area contributed by atoms with Gasteiger partial charge in [-0.2, -0.15) is 5.10 Å². The van der Waals surface area contributed by atoms with Gasteiger partial charge in [-0.05, 0) is 27.2 Å². The molecule has 1 rings (SSSR count). The summed E-state index contributed by atoms with van der Waals surface area (Å²) in [5.41, 5.74) is 2.69. The van der Waals surface area contributed by atoms with Crippen molar-refractivity contribution in [2.75, 3.05) is 0 Å². The molecule has 15 heavy (non-hydrogen) atoms. The van der Waals surface area contributed by atoms with Crippen LogP contribution in [0, 0.1) is 13.8 Å². The molecule has 1 atom stereocenters. The summed E-state index contributed by atoms with van der Waals surface area (Å²) in [6, 6.07) is 0. The lowest BCUT2D eigenvalue weighted by Crippen LogP contribution is -2.12. The summed E-state index contributed by atoms with van der Waals surface area (Å²) in [5.74, 6) is -1.19. The molecule has 0 aromatic carbocycles. The Morgan fingerprint density at radius 2 is 2.07 bits per heavy atom. The zero-order valence-corrected chi connectivity index (χ0v) is 9.74. The van der Waals surface area contributed by atoms with Crippen LogP contribution in [0.3, 0.4) is 0 Å². The molecule has 0 saturated carbocycles. The fourth-order valence-electron chi connectivity index (χ4n) is 2.03. The van der Waals surface area contributed by atoms with Crippen molar-refractivity contribution >= 4 is 5.97 Å². The van der Waals surface area contributed by atoms with E-state index in [1.807, 2.05) is 32.4 Å². The van der Waals surface area contributed by atoms with Gasteiger partial charge in [0.2, 0.25) is 0 Å². The zero-order valence-electron chi connectivity index (χ0n) is 9.74. The average molecular weight is 210 g/mol. The molecule has 0 radical (unpaired) electrons. The normalized spacial score (nSPS) is 12.8. The molecule has 0 fully saturated rings. The predicted molar refractivity (Wildman–Crippen MR) is 58.0 cm³/mol. The molecular weight excluding hydrogens is 192 g/mol. The van der Waals surface area contributed by atoms with Crippen molar-refractivity contribution in [2.24, 2.45) is 0 Å². The van der Waals surface area contributed by atoms with Gasteiger partial charge in [0.05, 0.1) is 11.6 Å².